The van der Waals surface area contributed by atoms with E-state index in [1.54, 1.807) is 13.0 Å². The number of allylic oxidation sites excluding steroid dienone is 1. The zero-order valence-corrected chi connectivity index (χ0v) is 12.6. The first-order valence-corrected chi connectivity index (χ1v) is 7.81. The minimum absolute atomic E-state index is 0.261. The van der Waals surface area contributed by atoms with Crippen LogP contribution in [0.5, 0.6) is 0 Å². The Morgan fingerprint density at radius 1 is 1.20 bits per heavy atom. The summed E-state index contributed by atoms with van der Waals surface area (Å²) in [5.74, 6) is 0.0606. The van der Waals surface area contributed by atoms with Gasteiger partial charge in [0, 0.05) is 25.6 Å². The lowest BCUT2D eigenvalue weighted by molar-refractivity contribution is -0.138. The third kappa shape index (κ3) is 7.31. The first-order chi connectivity index (χ1) is 9.74. The highest BCUT2D eigenvalue weighted by atomic mass is 16.5. The van der Waals surface area contributed by atoms with E-state index in [2.05, 4.69) is 0 Å². The van der Waals surface area contributed by atoms with Gasteiger partial charge in [0.25, 0.3) is 0 Å². The molecule has 114 valence electrons. The third-order valence-corrected chi connectivity index (χ3v) is 3.54. The van der Waals surface area contributed by atoms with Gasteiger partial charge in [0.1, 0.15) is 0 Å². The number of rotatable bonds is 8. The van der Waals surface area contributed by atoms with Gasteiger partial charge in [0.05, 0.1) is 6.61 Å². The molecule has 1 heterocycles. The van der Waals surface area contributed by atoms with Gasteiger partial charge in [-0.05, 0) is 39.0 Å². The highest BCUT2D eigenvalue weighted by Crippen LogP contribution is 2.12. The fraction of sp³-hybridized carbons (Fsp3) is 0.750. The number of unbranched alkanes of at least 4 members (excludes halogenated alkanes) is 3. The van der Waals surface area contributed by atoms with Crippen LogP contribution in [0.25, 0.3) is 0 Å². The molecular weight excluding hydrogens is 254 g/mol. The van der Waals surface area contributed by atoms with E-state index >= 15 is 0 Å². The van der Waals surface area contributed by atoms with Gasteiger partial charge in [-0.3, -0.25) is 4.79 Å². The second-order valence-corrected chi connectivity index (χ2v) is 5.27. The van der Waals surface area contributed by atoms with E-state index in [1.807, 2.05) is 4.90 Å². The Bertz CT molecular complexity index is 326. The third-order valence-electron chi connectivity index (χ3n) is 3.54. The molecule has 0 spiro atoms. The molecule has 0 unspecified atom stereocenters. The molecule has 1 fully saturated rings. The van der Waals surface area contributed by atoms with E-state index in [1.165, 1.54) is 12.5 Å². The lowest BCUT2D eigenvalue weighted by Crippen LogP contribution is -2.31. The lowest BCUT2D eigenvalue weighted by Gasteiger charge is -2.20. The molecule has 0 aromatic rings. The summed E-state index contributed by atoms with van der Waals surface area (Å²) in [6, 6.07) is 0. The van der Waals surface area contributed by atoms with Gasteiger partial charge < -0.3 is 9.64 Å². The van der Waals surface area contributed by atoms with Gasteiger partial charge in [0.2, 0.25) is 5.91 Å². The van der Waals surface area contributed by atoms with Crippen LogP contribution >= 0.6 is 0 Å². The Kier molecular flexibility index (Phi) is 8.76. The number of amides is 1. The number of hydrogen-bond donors (Lipinski definition) is 0. The van der Waals surface area contributed by atoms with Crippen molar-refractivity contribution in [2.45, 2.75) is 58.3 Å². The van der Waals surface area contributed by atoms with Crippen LogP contribution in [0.15, 0.2) is 12.2 Å². The van der Waals surface area contributed by atoms with Gasteiger partial charge in [-0.15, -0.1) is 0 Å². The van der Waals surface area contributed by atoms with Crippen molar-refractivity contribution in [2.75, 3.05) is 19.7 Å². The van der Waals surface area contributed by atoms with Gasteiger partial charge in [0.15, 0.2) is 0 Å². The summed E-state index contributed by atoms with van der Waals surface area (Å²) in [7, 11) is 0. The van der Waals surface area contributed by atoms with Crippen LogP contribution in [0, 0.1) is 0 Å². The molecule has 0 saturated carbocycles. The Hall–Kier alpha value is -1.32. The molecule has 20 heavy (non-hydrogen) atoms. The molecule has 0 bridgehead atoms. The van der Waals surface area contributed by atoms with E-state index in [0.717, 1.165) is 58.0 Å². The molecule has 0 aliphatic carbocycles. The normalized spacial score (nSPS) is 16.4. The monoisotopic (exact) mass is 281 g/mol. The van der Waals surface area contributed by atoms with E-state index in [-0.39, 0.29) is 5.97 Å². The largest absolute Gasteiger partial charge is 0.463 e. The van der Waals surface area contributed by atoms with Crippen LogP contribution in [0.3, 0.4) is 0 Å². The minimum atomic E-state index is -0.261. The van der Waals surface area contributed by atoms with Crippen LogP contribution in [0.1, 0.15) is 58.3 Å². The summed E-state index contributed by atoms with van der Waals surface area (Å²) in [5, 5.41) is 0. The highest BCUT2D eigenvalue weighted by Gasteiger charge is 2.15. The Labute approximate surface area is 122 Å². The number of carbonyl (C=O) groups is 2. The second kappa shape index (κ2) is 10.5. The number of likely N-dealkylation sites (tertiary alicyclic amines) is 1. The number of hydrogen-bond acceptors (Lipinski definition) is 3. The smallest absolute Gasteiger partial charge is 0.330 e. The van der Waals surface area contributed by atoms with Crippen LogP contribution in [-0.4, -0.2) is 36.5 Å². The minimum Gasteiger partial charge on any atom is -0.463 e. The maximum Gasteiger partial charge on any atom is 0.330 e. The van der Waals surface area contributed by atoms with Crippen LogP contribution in [-0.2, 0) is 14.3 Å². The van der Waals surface area contributed by atoms with E-state index < -0.39 is 0 Å². The second-order valence-electron chi connectivity index (χ2n) is 5.27. The molecular formula is C16H27NO3. The van der Waals surface area contributed by atoms with E-state index in [9.17, 15) is 9.59 Å². The van der Waals surface area contributed by atoms with Crippen molar-refractivity contribution in [2.24, 2.45) is 0 Å². The van der Waals surface area contributed by atoms with Crippen molar-refractivity contribution < 1.29 is 14.3 Å². The van der Waals surface area contributed by atoms with Crippen LogP contribution < -0.4 is 0 Å². The summed E-state index contributed by atoms with van der Waals surface area (Å²) < 4.78 is 5.02. The number of ether oxygens (including phenoxy) is 1. The molecule has 0 N–H and O–H groups in total. The fourth-order valence-electron chi connectivity index (χ4n) is 2.39. The first kappa shape index (κ1) is 16.7. The number of esters is 1. The molecule has 1 saturated heterocycles. The average molecular weight is 281 g/mol. The molecule has 4 heteroatoms. The average Bonchev–Trinajstić information content (AvgIpc) is 2.63. The van der Waals surface area contributed by atoms with Crippen molar-refractivity contribution in [1.82, 2.24) is 4.90 Å². The van der Waals surface area contributed by atoms with E-state index in [0.29, 0.717) is 12.5 Å². The van der Waals surface area contributed by atoms with Gasteiger partial charge >= 0.3 is 5.97 Å². The molecule has 0 aromatic carbocycles. The summed E-state index contributed by atoms with van der Waals surface area (Å²) in [6.07, 6.45) is 11.3. The SMILES string of the molecule is C/C=C\C(=O)OCCCCCCN1CCCCCC1=O. The Morgan fingerprint density at radius 3 is 2.80 bits per heavy atom. The predicted molar refractivity (Wildman–Crippen MR) is 79.3 cm³/mol. The zero-order valence-electron chi connectivity index (χ0n) is 12.6. The highest BCUT2D eigenvalue weighted by molar-refractivity contribution is 5.81. The van der Waals surface area contributed by atoms with E-state index in [4.69, 9.17) is 4.74 Å². The fourth-order valence-corrected chi connectivity index (χ4v) is 2.39. The Balaban J connectivity index is 1.98. The van der Waals surface area contributed by atoms with Crippen molar-refractivity contribution in [1.29, 1.82) is 0 Å². The number of carbonyl (C=O) groups excluding carboxylic acids is 2. The summed E-state index contributed by atoms with van der Waals surface area (Å²) >= 11 is 0. The molecule has 1 amide bonds. The first-order valence-electron chi connectivity index (χ1n) is 7.81. The standard InChI is InChI=1S/C16H27NO3/c1-2-10-16(19)20-14-9-4-3-7-12-17-13-8-5-6-11-15(17)18/h2,10H,3-9,11-14H2,1H3/b10-2-. The van der Waals surface area contributed by atoms with Crippen molar-refractivity contribution >= 4 is 11.9 Å². The molecule has 4 nitrogen and oxygen atoms in total. The van der Waals surface area contributed by atoms with Crippen LogP contribution in [0.2, 0.25) is 0 Å². The molecule has 1 aliphatic heterocycles. The maximum absolute atomic E-state index is 11.8. The quantitative estimate of drug-likeness (QED) is 0.390. The molecule has 1 aliphatic rings. The Morgan fingerprint density at radius 2 is 2.00 bits per heavy atom. The van der Waals surface area contributed by atoms with Crippen molar-refractivity contribution in [3.63, 3.8) is 0 Å². The summed E-state index contributed by atoms with van der Waals surface area (Å²) in [5.41, 5.74) is 0. The van der Waals surface area contributed by atoms with Gasteiger partial charge in [-0.1, -0.05) is 18.9 Å². The molecule has 0 atom stereocenters. The molecule has 0 aromatic heterocycles. The molecule has 0 radical (unpaired) electrons. The zero-order chi connectivity index (χ0) is 14.6. The van der Waals surface area contributed by atoms with Gasteiger partial charge in [-0.25, -0.2) is 4.79 Å². The lowest BCUT2D eigenvalue weighted by atomic mass is 10.2. The summed E-state index contributed by atoms with van der Waals surface area (Å²) in [6.45, 7) is 4.11. The van der Waals surface area contributed by atoms with Crippen LogP contribution in [0.4, 0.5) is 0 Å². The summed E-state index contributed by atoms with van der Waals surface area (Å²) in [4.78, 5) is 24.8. The predicted octanol–water partition coefficient (Wildman–Crippen LogP) is 3.07. The topological polar surface area (TPSA) is 46.6 Å². The van der Waals surface area contributed by atoms with Crippen molar-refractivity contribution in [3.05, 3.63) is 12.2 Å². The maximum atomic E-state index is 11.8. The number of nitrogens with zero attached hydrogens (tertiary/aromatic N) is 1. The molecule has 1 rings (SSSR count). The van der Waals surface area contributed by atoms with Gasteiger partial charge in [-0.2, -0.15) is 0 Å². The van der Waals surface area contributed by atoms with Crippen molar-refractivity contribution in [3.8, 4) is 0 Å².